The summed E-state index contributed by atoms with van der Waals surface area (Å²) in [5, 5.41) is 6.88. The Morgan fingerprint density at radius 3 is 2.80 bits per heavy atom. The van der Waals surface area contributed by atoms with Gasteiger partial charge in [0.05, 0.1) is 7.11 Å². The first kappa shape index (κ1) is 16.7. The maximum atomic E-state index is 11.8. The van der Waals surface area contributed by atoms with Crippen molar-refractivity contribution in [2.75, 3.05) is 20.3 Å². The van der Waals surface area contributed by atoms with E-state index >= 15 is 0 Å². The van der Waals surface area contributed by atoms with Gasteiger partial charge in [-0.15, -0.1) is 0 Å². The molecule has 130 valence electrons. The van der Waals surface area contributed by atoms with Crippen molar-refractivity contribution in [3.63, 3.8) is 0 Å². The molecule has 1 amide bonds. The van der Waals surface area contributed by atoms with Crippen LogP contribution in [0.25, 0.3) is 5.78 Å². The van der Waals surface area contributed by atoms with Crippen LogP contribution in [0.1, 0.15) is 12.0 Å². The monoisotopic (exact) mass is 341 g/mol. The Hall–Kier alpha value is -3.16. The molecule has 25 heavy (non-hydrogen) atoms. The number of benzene rings is 1. The molecule has 0 fully saturated rings. The van der Waals surface area contributed by atoms with Crippen LogP contribution in [0, 0.1) is 0 Å². The molecule has 0 bridgehead atoms. The van der Waals surface area contributed by atoms with Crippen molar-refractivity contribution in [3.05, 3.63) is 48.5 Å². The molecule has 0 aliphatic carbocycles. The Labute approximate surface area is 144 Å². The van der Waals surface area contributed by atoms with Crippen LogP contribution in [0.4, 0.5) is 0 Å². The SMILES string of the molecule is COc1ccc(OCC(=O)NCCCc2cnc3ncnn3c2)cc1. The molecule has 0 saturated carbocycles. The molecule has 0 atom stereocenters. The molecule has 0 unspecified atom stereocenters. The van der Waals surface area contributed by atoms with Gasteiger partial charge < -0.3 is 14.8 Å². The predicted octanol–water partition coefficient (Wildman–Crippen LogP) is 1.26. The van der Waals surface area contributed by atoms with Crippen LogP contribution in [0.3, 0.4) is 0 Å². The molecule has 0 spiro atoms. The minimum atomic E-state index is -0.152. The van der Waals surface area contributed by atoms with Crippen molar-refractivity contribution in [1.29, 1.82) is 0 Å². The van der Waals surface area contributed by atoms with Crippen molar-refractivity contribution in [2.45, 2.75) is 12.8 Å². The summed E-state index contributed by atoms with van der Waals surface area (Å²) in [4.78, 5) is 20.0. The van der Waals surface area contributed by atoms with Crippen molar-refractivity contribution in [2.24, 2.45) is 0 Å². The summed E-state index contributed by atoms with van der Waals surface area (Å²) in [5.41, 5.74) is 1.04. The molecule has 8 heteroatoms. The van der Waals surface area contributed by atoms with E-state index in [1.165, 1.54) is 6.33 Å². The van der Waals surface area contributed by atoms with E-state index in [1.807, 2.05) is 6.20 Å². The third-order valence-electron chi connectivity index (χ3n) is 3.58. The Balaban J connectivity index is 1.35. The zero-order valence-electron chi connectivity index (χ0n) is 13.9. The number of hydrogen-bond donors (Lipinski definition) is 1. The van der Waals surface area contributed by atoms with Gasteiger partial charge in [-0.3, -0.25) is 4.79 Å². The number of carbonyl (C=O) groups excluding carboxylic acids is 1. The number of fused-ring (bicyclic) bond motifs is 1. The third kappa shape index (κ3) is 4.66. The van der Waals surface area contributed by atoms with Gasteiger partial charge in [0.15, 0.2) is 6.61 Å². The van der Waals surface area contributed by atoms with E-state index in [0.29, 0.717) is 18.1 Å². The molecule has 0 aliphatic heterocycles. The minimum absolute atomic E-state index is 0.0151. The van der Waals surface area contributed by atoms with Gasteiger partial charge in [0.25, 0.3) is 11.7 Å². The summed E-state index contributed by atoms with van der Waals surface area (Å²) in [6.45, 7) is 0.555. The van der Waals surface area contributed by atoms with Gasteiger partial charge in [-0.1, -0.05) is 0 Å². The van der Waals surface area contributed by atoms with Crippen LogP contribution in [-0.4, -0.2) is 45.8 Å². The largest absolute Gasteiger partial charge is 0.497 e. The summed E-state index contributed by atoms with van der Waals surface area (Å²) in [7, 11) is 1.60. The van der Waals surface area contributed by atoms with Crippen LogP contribution >= 0.6 is 0 Å². The van der Waals surface area contributed by atoms with E-state index in [9.17, 15) is 4.79 Å². The zero-order valence-corrected chi connectivity index (χ0v) is 13.9. The van der Waals surface area contributed by atoms with Gasteiger partial charge in [-0.2, -0.15) is 10.1 Å². The van der Waals surface area contributed by atoms with E-state index in [0.717, 1.165) is 24.2 Å². The number of ether oxygens (including phenoxy) is 2. The summed E-state index contributed by atoms with van der Waals surface area (Å²) >= 11 is 0. The topological polar surface area (TPSA) is 90.6 Å². The highest BCUT2D eigenvalue weighted by molar-refractivity contribution is 5.77. The van der Waals surface area contributed by atoms with Gasteiger partial charge >= 0.3 is 0 Å². The summed E-state index contributed by atoms with van der Waals surface area (Å²) < 4.78 is 12.1. The predicted molar refractivity (Wildman–Crippen MR) is 90.6 cm³/mol. The summed E-state index contributed by atoms with van der Waals surface area (Å²) in [6.07, 6.45) is 6.73. The number of carbonyl (C=O) groups is 1. The highest BCUT2D eigenvalue weighted by Gasteiger charge is 2.04. The number of nitrogens with zero attached hydrogens (tertiary/aromatic N) is 4. The van der Waals surface area contributed by atoms with Crippen molar-refractivity contribution >= 4 is 11.7 Å². The number of aryl methyl sites for hydroxylation is 1. The lowest BCUT2D eigenvalue weighted by Crippen LogP contribution is -2.29. The molecular formula is C17H19N5O3. The molecule has 1 aromatic carbocycles. The first-order valence-corrected chi connectivity index (χ1v) is 7.92. The maximum absolute atomic E-state index is 11.8. The normalized spacial score (nSPS) is 10.6. The quantitative estimate of drug-likeness (QED) is 0.620. The lowest BCUT2D eigenvalue weighted by molar-refractivity contribution is -0.123. The second-order valence-electron chi connectivity index (χ2n) is 5.38. The second kappa shape index (κ2) is 8.09. The van der Waals surface area contributed by atoms with Crippen molar-refractivity contribution in [3.8, 4) is 11.5 Å². The average Bonchev–Trinajstić information content (AvgIpc) is 3.12. The summed E-state index contributed by atoms with van der Waals surface area (Å²) in [6, 6.07) is 7.10. The molecule has 0 radical (unpaired) electrons. The Kier molecular flexibility index (Phi) is 5.40. The second-order valence-corrected chi connectivity index (χ2v) is 5.38. The lowest BCUT2D eigenvalue weighted by Gasteiger charge is -2.08. The molecule has 8 nitrogen and oxygen atoms in total. The minimum Gasteiger partial charge on any atom is -0.497 e. The number of amides is 1. The fraction of sp³-hybridized carbons (Fsp3) is 0.294. The van der Waals surface area contributed by atoms with Crippen LogP contribution in [0.15, 0.2) is 43.0 Å². The van der Waals surface area contributed by atoms with Gasteiger partial charge in [0.1, 0.15) is 17.8 Å². The van der Waals surface area contributed by atoms with Gasteiger partial charge in [-0.05, 0) is 42.7 Å². The molecule has 3 rings (SSSR count). The van der Waals surface area contributed by atoms with E-state index in [4.69, 9.17) is 9.47 Å². The van der Waals surface area contributed by atoms with Crippen molar-refractivity contribution < 1.29 is 14.3 Å². The van der Waals surface area contributed by atoms with Crippen LogP contribution in [0.2, 0.25) is 0 Å². The van der Waals surface area contributed by atoms with E-state index in [1.54, 1.807) is 42.1 Å². The van der Waals surface area contributed by atoms with E-state index < -0.39 is 0 Å². The van der Waals surface area contributed by atoms with Crippen LogP contribution in [0.5, 0.6) is 11.5 Å². The van der Waals surface area contributed by atoms with Crippen molar-refractivity contribution in [1.82, 2.24) is 24.9 Å². The summed E-state index contributed by atoms with van der Waals surface area (Å²) in [5.74, 6) is 1.80. The molecular weight excluding hydrogens is 322 g/mol. The van der Waals surface area contributed by atoms with Crippen LogP contribution in [-0.2, 0) is 11.2 Å². The standard InChI is InChI=1S/C17H19N5O3/c1-24-14-4-6-15(7-5-14)25-11-16(23)18-8-2-3-13-9-19-17-20-12-21-22(17)10-13/h4-7,9-10,12H,2-3,8,11H2,1H3,(H,18,23). The first-order chi connectivity index (χ1) is 12.2. The van der Waals surface area contributed by atoms with Crippen LogP contribution < -0.4 is 14.8 Å². The average molecular weight is 341 g/mol. The highest BCUT2D eigenvalue weighted by atomic mass is 16.5. The lowest BCUT2D eigenvalue weighted by atomic mass is 10.2. The zero-order chi connectivity index (χ0) is 17.5. The molecule has 1 N–H and O–H groups in total. The van der Waals surface area contributed by atoms with Gasteiger partial charge in [0, 0.05) is 18.9 Å². The van der Waals surface area contributed by atoms with E-state index in [-0.39, 0.29) is 12.5 Å². The fourth-order valence-corrected chi connectivity index (χ4v) is 2.28. The molecule has 2 heterocycles. The third-order valence-corrected chi connectivity index (χ3v) is 3.58. The molecule has 3 aromatic rings. The number of nitrogens with one attached hydrogen (secondary N) is 1. The van der Waals surface area contributed by atoms with E-state index in [2.05, 4.69) is 20.4 Å². The number of aromatic nitrogens is 4. The number of methoxy groups -OCH3 is 1. The Morgan fingerprint density at radius 1 is 1.20 bits per heavy atom. The van der Waals surface area contributed by atoms with Gasteiger partial charge in [0.2, 0.25) is 0 Å². The Morgan fingerprint density at radius 2 is 2.00 bits per heavy atom. The Bertz CT molecular complexity index is 832. The van der Waals surface area contributed by atoms with Gasteiger partial charge in [-0.25, -0.2) is 9.50 Å². The number of rotatable bonds is 8. The molecule has 0 saturated heterocycles. The first-order valence-electron chi connectivity index (χ1n) is 7.92. The molecule has 2 aromatic heterocycles. The highest BCUT2D eigenvalue weighted by Crippen LogP contribution is 2.16. The fourth-order valence-electron chi connectivity index (χ4n) is 2.28. The molecule has 0 aliphatic rings. The number of hydrogen-bond acceptors (Lipinski definition) is 6. The maximum Gasteiger partial charge on any atom is 0.257 e. The smallest absolute Gasteiger partial charge is 0.257 e.